The number of nitrogens with zero attached hydrogens (tertiary/aromatic N) is 4. The number of rotatable bonds is 5. The molecule has 192 valence electrons. The van der Waals surface area contributed by atoms with E-state index in [9.17, 15) is 27.5 Å². The summed E-state index contributed by atoms with van der Waals surface area (Å²) in [6.45, 7) is 1.59. The molecule has 0 bridgehead atoms. The van der Waals surface area contributed by atoms with E-state index in [2.05, 4.69) is 20.3 Å². The first-order chi connectivity index (χ1) is 18.1. The molecular weight excluding hydrogens is 502 g/mol. The molecule has 0 aliphatic carbocycles. The fraction of sp³-hybridized carbons (Fsp3) is 0.111. The van der Waals surface area contributed by atoms with Crippen molar-refractivity contribution in [2.24, 2.45) is 0 Å². The Bertz CT molecular complexity index is 1630. The SMILES string of the molecule is CC(O)c1ccn2c(NC(=O)c3cc(-c4ncccn4)c(C(F)(F)F)cc3F)c(-c3ccccc3)nc2c1. The molecule has 0 fully saturated rings. The molecular formula is C27H19F4N5O2. The average Bonchev–Trinajstić information content (AvgIpc) is 3.26. The number of nitrogens with one attached hydrogen (secondary N) is 1. The highest BCUT2D eigenvalue weighted by Gasteiger charge is 2.36. The van der Waals surface area contributed by atoms with E-state index in [0.29, 0.717) is 22.5 Å². The number of hydrogen-bond donors (Lipinski definition) is 2. The smallest absolute Gasteiger partial charge is 0.389 e. The number of imidazole rings is 1. The lowest BCUT2D eigenvalue weighted by Crippen LogP contribution is -2.18. The number of carbonyl (C=O) groups excluding carboxylic acids is 1. The highest BCUT2D eigenvalue weighted by atomic mass is 19.4. The third kappa shape index (κ3) is 4.71. The van der Waals surface area contributed by atoms with Gasteiger partial charge >= 0.3 is 6.18 Å². The van der Waals surface area contributed by atoms with Gasteiger partial charge in [0, 0.05) is 29.7 Å². The number of aromatic nitrogens is 4. The second kappa shape index (κ2) is 9.67. The quantitative estimate of drug-likeness (QED) is 0.280. The summed E-state index contributed by atoms with van der Waals surface area (Å²) in [5, 5.41) is 12.6. The van der Waals surface area contributed by atoms with Gasteiger partial charge in [-0.15, -0.1) is 0 Å². The summed E-state index contributed by atoms with van der Waals surface area (Å²) < 4.78 is 57.6. The molecule has 1 atom stereocenters. The van der Waals surface area contributed by atoms with Gasteiger partial charge in [0.15, 0.2) is 5.82 Å². The Kier molecular flexibility index (Phi) is 6.37. The molecule has 1 unspecified atom stereocenters. The zero-order valence-corrected chi connectivity index (χ0v) is 19.7. The number of halogens is 4. The van der Waals surface area contributed by atoms with Gasteiger partial charge in [-0.1, -0.05) is 30.3 Å². The van der Waals surface area contributed by atoms with E-state index in [1.165, 1.54) is 22.9 Å². The van der Waals surface area contributed by atoms with Crippen LogP contribution in [-0.4, -0.2) is 30.4 Å². The topological polar surface area (TPSA) is 92.4 Å². The minimum atomic E-state index is -4.91. The second-order valence-electron chi connectivity index (χ2n) is 8.44. The van der Waals surface area contributed by atoms with Crippen LogP contribution in [0.1, 0.15) is 34.5 Å². The summed E-state index contributed by atoms with van der Waals surface area (Å²) >= 11 is 0. The molecule has 0 saturated carbocycles. The molecule has 1 amide bonds. The van der Waals surface area contributed by atoms with Gasteiger partial charge in [0.25, 0.3) is 5.91 Å². The van der Waals surface area contributed by atoms with Crippen molar-refractivity contribution in [3.63, 3.8) is 0 Å². The largest absolute Gasteiger partial charge is 0.417 e. The Hall–Kier alpha value is -4.64. The van der Waals surface area contributed by atoms with Crippen LogP contribution >= 0.6 is 0 Å². The van der Waals surface area contributed by atoms with Crippen LogP contribution in [0.3, 0.4) is 0 Å². The van der Waals surface area contributed by atoms with E-state index in [4.69, 9.17) is 0 Å². The number of aliphatic hydroxyl groups is 1. The summed E-state index contributed by atoms with van der Waals surface area (Å²) in [4.78, 5) is 25.6. The van der Waals surface area contributed by atoms with Crippen LogP contribution in [0.5, 0.6) is 0 Å². The molecule has 2 aromatic carbocycles. The molecule has 11 heteroatoms. The van der Waals surface area contributed by atoms with Crippen molar-refractivity contribution in [2.75, 3.05) is 5.32 Å². The van der Waals surface area contributed by atoms with E-state index >= 15 is 0 Å². The van der Waals surface area contributed by atoms with Gasteiger partial charge in [-0.3, -0.25) is 9.20 Å². The maximum atomic E-state index is 15.0. The van der Waals surface area contributed by atoms with E-state index in [-0.39, 0.29) is 17.7 Å². The van der Waals surface area contributed by atoms with Gasteiger partial charge in [-0.05, 0) is 42.8 Å². The van der Waals surface area contributed by atoms with Crippen LogP contribution in [0.2, 0.25) is 0 Å². The van der Waals surface area contributed by atoms with Crippen LogP contribution in [0.25, 0.3) is 28.3 Å². The Labute approximate surface area is 213 Å². The van der Waals surface area contributed by atoms with Crippen molar-refractivity contribution in [3.05, 3.63) is 102 Å². The number of amides is 1. The van der Waals surface area contributed by atoms with Crippen LogP contribution in [0, 0.1) is 5.82 Å². The Morgan fingerprint density at radius 3 is 2.39 bits per heavy atom. The van der Waals surface area contributed by atoms with Crippen molar-refractivity contribution in [3.8, 4) is 22.6 Å². The molecule has 3 aromatic heterocycles. The summed E-state index contributed by atoms with van der Waals surface area (Å²) in [6.07, 6.45) is -1.60. The number of benzene rings is 2. The van der Waals surface area contributed by atoms with Gasteiger partial charge in [-0.2, -0.15) is 13.2 Å². The normalized spacial score (nSPS) is 12.5. The number of hydrogen-bond acceptors (Lipinski definition) is 5. The molecule has 2 N–H and O–H groups in total. The first-order valence-electron chi connectivity index (χ1n) is 11.4. The van der Waals surface area contributed by atoms with Crippen LogP contribution in [0.4, 0.5) is 23.4 Å². The minimum absolute atomic E-state index is 0.171. The van der Waals surface area contributed by atoms with Crippen LogP contribution in [-0.2, 0) is 6.18 Å². The van der Waals surface area contributed by atoms with E-state index in [1.54, 1.807) is 55.6 Å². The monoisotopic (exact) mass is 521 g/mol. The molecule has 0 radical (unpaired) electrons. The van der Waals surface area contributed by atoms with Crippen molar-refractivity contribution in [1.82, 2.24) is 19.4 Å². The molecule has 5 rings (SSSR count). The molecule has 3 heterocycles. The Morgan fingerprint density at radius 2 is 1.74 bits per heavy atom. The summed E-state index contributed by atoms with van der Waals surface area (Å²) in [6, 6.07) is 14.6. The van der Waals surface area contributed by atoms with Crippen molar-refractivity contribution in [2.45, 2.75) is 19.2 Å². The van der Waals surface area contributed by atoms with Crippen molar-refractivity contribution < 1.29 is 27.5 Å². The number of anilines is 1. The minimum Gasteiger partial charge on any atom is -0.389 e. The molecule has 7 nitrogen and oxygen atoms in total. The summed E-state index contributed by atoms with van der Waals surface area (Å²) in [5.74, 6) is -2.49. The van der Waals surface area contributed by atoms with Gasteiger partial charge in [0.2, 0.25) is 0 Å². The van der Waals surface area contributed by atoms with E-state index in [1.807, 2.05) is 0 Å². The zero-order chi connectivity index (χ0) is 27.0. The van der Waals surface area contributed by atoms with Gasteiger partial charge in [-0.25, -0.2) is 19.3 Å². The van der Waals surface area contributed by atoms with E-state index < -0.39 is 40.7 Å². The third-order valence-corrected chi connectivity index (χ3v) is 5.88. The first kappa shape index (κ1) is 25.0. The molecule has 0 aliphatic rings. The first-order valence-corrected chi connectivity index (χ1v) is 11.4. The highest BCUT2D eigenvalue weighted by molar-refractivity contribution is 6.06. The summed E-state index contributed by atoms with van der Waals surface area (Å²) in [7, 11) is 0. The lowest BCUT2D eigenvalue weighted by molar-refractivity contribution is -0.137. The van der Waals surface area contributed by atoms with Crippen molar-refractivity contribution in [1.29, 1.82) is 0 Å². The fourth-order valence-corrected chi connectivity index (χ4v) is 4.02. The average molecular weight is 521 g/mol. The Balaban J connectivity index is 1.63. The lowest BCUT2D eigenvalue weighted by atomic mass is 10.0. The molecule has 0 spiro atoms. The number of fused-ring (bicyclic) bond motifs is 1. The lowest BCUT2D eigenvalue weighted by Gasteiger charge is -2.15. The van der Waals surface area contributed by atoms with Crippen LogP contribution in [0.15, 0.2) is 79.3 Å². The van der Waals surface area contributed by atoms with Gasteiger partial charge in [0.1, 0.15) is 23.0 Å². The second-order valence-corrected chi connectivity index (χ2v) is 8.44. The molecule has 5 aromatic rings. The van der Waals surface area contributed by atoms with Crippen LogP contribution < -0.4 is 5.32 Å². The molecule has 0 aliphatic heterocycles. The number of aliphatic hydroxyl groups excluding tert-OH is 1. The third-order valence-electron chi connectivity index (χ3n) is 5.88. The Morgan fingerprint density at radius 1 is 1.03 bits per heavy atom. The predicted molar refractivity (Wildman–Crippen MR) is 132 cm³/mol. The number of carbonyl (C=O) groups is 1. The maximum Gasteiger partial charge on any atom is 0.417 e. The number of alkyl halides is 3. The van der Waals surface area contributed by atoms with E-state index in [0.717, 1.165) is 6.07 Å². The summed E-state index contributed by atoms with van der Waals surface area (Å²) in [5.41, 5.74) is -0.507. The molecule has 38 heavy (non-hydrogen) atoms. The standard InChI is InChI=1S/C27H19F4N5O2/c1-15(37)17-8-11-36-22(12-17)34-23(16-6-3-2-4-7-16)25(36)35-26(38)19-13-18(24-32-9-5-10-33-24)20(14-21(19)28)27(29,30)31/h2-15,37H,1H3,(H,35,38). The number of pyridine rings is 1. The molecule has 0 saturated heterocycles. The van der Waals surface area contributed by atoms with Crippen molar-refractivity contribution >= 4 is 17.4 Å². The fourth-order valence-electron chi connectivity index (χ4n) is 4.02. The van der Waals surface area contributed by atoms with Gasteiger partial charge in [0.05, 0.1) is 17.2 Å². The predicted octanol–water partition coefficient (Wildman–Crippen LogP) is 5.92. The highest BCUT2D eigenvalue weighted by Crippen LogP contribution is 2.38. The van der Waals surface area contributed by atoms with Gasteiger partial charge < -0.3 is 10.4 Å². The maximum absolute atomic E-state index is 15.0. The zero-order valence-electron chi connectivity index (χ0n) is 19.7.